The van der Waals surface area contributed by atoms with Crippen LogP contribution in [0.1, 0.15) is 25.3 Å². The molecule has 0 bridgehead atoms. The summed E-state index contributed by atoms with van der Waals surface area (Å²) < 4.78 is 23.4. The summed E-state index contributed by atoms with van der Waals surface area (Å²) in [5.74, 6) is 0.632. The van der Waals surface area contributed by atoms with Crippen LogP contribution in [0.15, 0.2) is 29.3 Å². The fourth-order valence-corrected chi connectivity index (χ4v) is 2.13. The van der Waals surface area contributed by atoms with Crippen molar-refractivity contribution in [3.63, 3.8) is 0 Å². The Labute approximate surface area is 167 Å². The molecule has 0 aliphatic rings. The summed E-state index contributed by atoms with van der Waals surface area (Å²) in [4.78, 5) is 4.54. The fourth-order valence-electron chi connectivity index (χ4n) is 2.13. The first-order chi connectivity index (χ1) is 11.8. The van der Waals surface area contributed by atoms with Crippen LogP contribution in [-0.2, 0) is 15.9 Å². The van der Waals surface area contributed by atoms with Gasteiger partial charge in [-0.25, -0.2) is 4.39 Å². The van der Waals surface area contributed by atoms with E-state index in [1.165, 1.54) is 6.07 Å². The smallest absolute Gasteiger partial charge is 0.191 e. The molecule has 0 amide bonds. The molecule has 0 heterocycles. The molecule has 0 unspecified atom stereocenters. The van der Waals surface area contributed by atoms with E-state index in [2.05, 4.69) is 15.6 Å². The van der Waals surface area contributed by atoms with Crippen LogP contribution in [0, 0.1) is 5.82 Å². The van der Waals surface area contributed by atoms with Crippen LogP contribution >= 0.6 is 24.0 Å². The second-order valence-corrected chi connectivity index (χ2v) is 5.38. The Morgan fingerprint density at radius 2 is 2.00 bits per heavy atom. The number of hydrogen-bond donors (Lipinski definition) is 2. The van der Waals surface area contributed by atoms with Crippen molar-refractivity contribution in [3.8, 4) is 0 Å². The molecule has 0 aliphatic heterocycles. The predicted molar refractivity (Wildman–Crippen MR) is 111 cm³/mol. The average Bonchev–Trinajstić information content (AvgIpc) is 2.58. The molecule has 0 saturated heterocycles. The van der Waals surface area contributed by atoms with E-state index in [1.54, 1.807) is 19.2 Å². The van der Waals surface area contributed by atoms with Gasteiger partial charge < -0.3 is 20.1 Å². The largest absolute Gasteiger partial charge is 0.382 e. The maximum Gasteiger partial charge on any atom is 0.191 e. The normalized spacial score (nSPS) is 11.1. The number of methoxy groups -OCH3 is 1. The molecular weight excluding hydrogens is 436 g/mol. The summed E-state index contributed by atoms with van der Waals surface area (Å²) >= 11 is 0. The van der Waals surface area contributed by atoms with Gasteiger partial charge >= 0.3 is 0 Å². The first kappa shape index (κ1) is 24.1. The van der Waals surface area contributed by atoms with E-state index >= 15 is 0 Å². The van der Waals surface area contributed by atoms with Crippen molar-refractivity contribution in [1.29, 1.82) is 0 Å². The Morgan fingerprint density at radius 1 is 1.16 bits per heavy atom. The summed E-state index contributed by atoms with van der Waals surface area (Å²) in [6.45, 7) is 6.33. The van der Waals surface area contributed by atoms with Crippen molar-refractivity contribution in [3.05, 3.63) is 35.6 Å². The highest BCUT2D eigenvalue weighted by Gasteiger charge is 1.98. The predicted octanol–water partition coefficient (Wildman–Crippen LogP) is 2.98. The second-order valence-electron chi connectivity index (χ2n) is 5.38. The third-order valence-corrected chi connectivity index (χ3v) is 3.32. The molecular formula is C18H31FIN3O2. The summed E-state index contributed by atoms with van der Waals surface area (Å²) in [6, 6.07) is 6.73. The van der Waals surface area contributed by atoms with Crippen LogP contribution in [0.4, 0.5) is 4.39 Å². The number of aliphatic imine (C=N–C) groups is 1. The Morgan fingerprint density at radius 3 is 2.72 bits per heavy atom. The van der Waals surface area contributed by atoms with Crippen LogP contribution in [0.5, 0.6) is 0 Å². The van der Waals surface area contributed by atoms with E-state index in [-0.39, 0.29) is 29.8 Å². The van der Waals surface area contributed by atoms with Crippen LogP contribution in [0.25, 0.3) is 0 Å². The van der Waals surface area contributed by atoms with Gasteiger partial charge in [0.2, 0.25) is 0 Å². The molecule has 0 aromatic heterocycles. The lowest BCUT2D eigenvalue weighted by molar-refractivity contribution is 0.0698. The zero-order valence-electron chi connectivity index (χ0n) is 15.2. The number of hydrogen-bond acceptors (Lipinski definition) is 3. The third-order valence-electron chi connectivity index (χ3n) is 3.32. The zero-order chi connectivity index (χ0) is 17.5. The number of aryl methyl sites for hydroxylation is 1. The van der Waals surface area contributed by atoms with Gasteiger partial charge in [0, 0.05) is 33.4 Å². The molecule has 7 heteroatoms. The molecule has 144 valence electrons. The van der Waals surface area contributed by atoms with Gasteiger partial charge in [-0.15, -0.1) is 24.0 Å². The van der Waals surface area contributed by atoms with Gasteiger partial charge in [0.1, 0.15) is 5.82 Å². The topological polar surface area (TPSA) is 54.9 Å². The van der Waals surface area contributed by atoms with E-state index in [1.807, 2.05) is 13.0 Å². The van der Waals surface area contributed by atoms with Crippen molar-refractivity contribution >= 4 is 29.9 Å². The van der Waals surface area contributed by atoms with Crippen molar-refractivity contribution in [2.45, 2.75) is 26.2 Å². The van der Waals surface area contributed by atoms with Gasteiger partial charge in [-0.2, -0.15) is 0 Å². The fraction of sp³-hybridized carbons (Fsp3) is 0.611. The van der Waals surface area contributed by atoms with Crippen molar-refractivity contribution < 1.29 is 13.9 Å². The number of guanidine groups is 1. The number of nitrogens with one attached hydrogen (secondary N) is 2. The van der Waals surface area contributed by atoms with E-state index in [0.29, 0.717) is 26.4 Å². The Bertz CT molecular complexity index is 475. The van der Waals surface area contributed by atoms with Crippen LogP contribution in [-0.4, -0.2) is 52.5 Å². The average molecular weight is 467 g/mol. The zero-order valence-corrected chi connectivity index (χ0v) is 17.6. The molecule has 1 aromatic carbocycles. The van der Waals surface area contributed by atoms with Crippen molar-refractivity contribution in [1.82, 2.24) is 10.6 Å². The number of ether oxygens (including phenoxy) is 2. The lowest BCUT2D eigenvalue weighted by Gasteiger charge is -2.11. The SMILES string of the molecule is CCNC(=NCCCc1cccc(F)c1)NCCCOCCOC.I. The maximum absolute atomic E-state index is 13.1. The number of halogens is 2. The highest BCUT2D eigenvalue weighted by atomic mass is 127. The summed E-state index contributed by atoms with van der Waals surface area (Å²) in [5.41, 5.74) is 1.01. The minimum atomic E-state index is -0.182. The molecule has 0 atom stereocenters. The minimum absolute atomic E-state index is 0. The maximum atomic E-state index is 13.1. The van der Waals surface area contributed by atoms with Gasteiger partial charge in [0.25, 0.3) is 0 Å². The van der Waals surface area contributed by atoms with Crippen LogP contribution in [0.2, 0.25) is 0 Å². The van der Waals surface area contributed by atoms with Gasteiger partial charge in [0.15, 0.2) is 5.96 Å². The van der Waals surface area contributed by atoms with Crippen molar-refractivity contribution in [2.75, 3.05) is 46.6 Å². The minimum Gasteiger partial charge on any atom is -0.382 e. The summed E-state index contributed by atoms with van der Waals surface area (Å²) in [6.07, 6.45) is 2.63. The molecule has 2 N–H and O–H groups in total. The van der Waals surface area contributed by atoms with Gasteiger partial charge in [-0.3, -0.25) is 4.99 Å². The highest BCUT2D eigenvalue weighted by Crippen LogP contribution is 2.06. The van der Waals surface area contributed by atoms with Crippen molar-refractivity contribution in [2.24, 2.45) is 4.99 Å². The standard InChI is InChI=1S/C18H30FN3O2.HI/c1-3-20-18(22-11-6-12-24-14-13-23-2)21-10-5-8-16-7-4-9-17(19)15-16;/h4,7,9,15H,3,5-6,8,10-14H2,1-2H3,(H2,20,21,22);1H. The number of benzene rings is 1. The van der Waals surface area contributed by atoms with E-state index in [0.717, 1.165) is 43.9 Å². The Kier molecular flexibility index (Phi) is 15.9. The van der Waals surface area contributed by atoms with Gasteiger partial charge in [-0.1, -0.05) is 12.1 Å². The second kappa shape index (κ2) is 16.5. The highest BCUT2D eigenvalue weighted by molar-refractivity contribution is 14.0. The molecule has 25 heavy (non-hydrogen) atoms. The van der Waals surface area contributed by atoms with Gasteiger partial charge in [-0.05, 0) is 43.9 Å². The monoisotopic (exact) mass is 467 g/mol. The van der Waals surface area contributed by atoms with E-state index < -0.39 is 0 Å². The van der Waals surface area contributed by atoms with Crippen LogP contribution < -0.4 is 10.6 Å². The first-order valence-corrected chi connectivity index (χ1v) is 8.59. The van der Waals surface area contributed by atoms with Gasteiger partial charge in [0.05, 0.1) is 13.2 Å². The van der Waals surface area contributed by atoms with Crippen LogP contribution in [0.3, 0.4) is 0 Å². The van der Waals surface area contributed by atoms with E-state index in [9.17, 15) is 4.39 Å². The summed E-state index contributed by atoms with van der Waals surface area (Å²) in [5, 5.41) is 6.51. The summed E-state index contributed by atoms with van der Waals surface area (Å²) in [7, 11) is 1.67. The lowest BCUT2D eigenvalue weighted by Crippen LogP contribution is -2.38. The Hall–Kier alpha value is -0.930. The molecule has 5 nitrogen and oxygen atoms in total. The molecule has 1 aromatic rings. The molecule has 0 saturated carbocycles. The molecule has 0 fully saturated rings. The molecule has 0 radical (unpaired) electrons. The number of nitrogens with zero attached hydrogens (tertiary/aromatic N) is 1. The lowest BCUT2D eigenvalue weighted by atomic mass is 10.1. The molecule has 0 aliphatic carbocycles. The van der Waals surface area contributed by atoms with E-state index in [4.69, 9.17) is 9.47 Å². The quantitative estimate of drug-likeness (QED) is 0.215. The first-order valence-electron chi connectivity index (χ1n) is 8.59. The molecule has 1 rings (SSSR count). The Balaban J connectivity index is 0.00000576. The molecule has 0 spiro atoms. The third kappa shape index (κ3) is 13.0. The number of rotatable bonds is 12.